The third-order valence-electron chi connectivity index (χ3n) is 5.19. The Kier molecular flexibility index (Phi) is 4.90. The van der Waals surface area contributed by atoms with Crippen LogP contribution < -0.4 is 10.2 Å². The summed E-state index contributed by atoms with van der Waals surface area (Å²) in [5.41, 5.74) is 2.90. The van der Waals surface area contributed by atoms with E-state index in [1.54, 1.807) is 11.0 Å². The Balaban J connectivity index is 1.50. The van der Waals surface area contributed by atoms with Gasteiger partial charge in [-0.3, -0.25) is 14.6 Å². The minimum absolute atomic E-state index is 0.0758. The Bertz CT molecular complexity index is 861. The van der Waals surface area contributed by atoms with Crippen molar-refractivity contribution in [2.75, 3.05) is 18.1 Å². The van der Waals surface area contributed by atoms with Gasteiger partial charge in [0.15, 0.2) is 0 Å². The van der Waals surface area contributed by atoms with Crippen LogP contribution >= 0.6 is 0 Å². The maximum atomic E-state index is 13.1. The van der Waals surface area contributed by atoms with Gasteiger partial charge < -0.3 is 15.0 Å². The molecular formula is C21H23N3O3. The van der Waals surface area contributed by atoms with E-state index >= 15 is 0 Å². The van der Waals surface area contributed by atoms with Crippen molar-refractivity contribution in [3.8, 4) is 0 Å². The van der Waals surface area contributed by atoms with E-state index in [1.165, 1.54) is 12.4 Å². The highest BCUT2D eigenvalue weighted by molar-refractivity contribution is 6.08. The molecule has 1 fully saturated rings. The number of hydrogen-bond acceptors (Lipinski definition) is 4. The molecule has 2 unspecified atom stereocenters. The van der Waals surface area contributed by atoms with Gasteiger partial charge in [0.2, 0.25) is 0 Å². The van der Waals surface area contributed by atoms with Gasteiger partial charge >= 0.3 is 0 Å². The molecule has 0 spiro atoms. The van der Waals surface area contributed by atoms with Crippen LogP contribution in [0.15, 0.2) is 42.7 Å². The summed E-state index contributed by atoms with van der Waals surface area (Å²) in [7, 11) is 0. The van der Waals surface area contributed by atoms with E-state index in [4.69, 9.17) is 4.74 Å². The highest BCUT2D eigenvalue weighted by atomic mass is 16.5. The van der Waals surface area contributed by atoms with Crippen LogP contribution in [0.3, 0.4) is 0 Å². The van der Waals surface area contributed by atoms with Crippen molar-refractivity contribution in [1.82, 2.24) is 10.3 Å². The van der Waals surface area contributed by atoms with Crippen LogP contribution in [0.5, 0.6) is 0 Å². The van der Waals surface area contributed by atoms with Gasteiger partial charge in [-0.05, 0) is 43.9 Å². The van der Waals surface area contributed by atoms with E-state index in [-0.39, 0.29) is 24.0 Å². The summed E-state index contributed by atoms with van der Waals surface area (Å²) >= 11 is 0. The fourth-order valence-corrected chi connectivity index (χ4v) is 3.81. The Morgan fingerprint density at radius 2 is 2.07 bits per heavy atom. The zero-order chi connectivity index (χ0) is 18.8. The number of aromatic nitrogens is 1. The number of carbonyl (C=O) groups excluding carboxylic acids is 2. The molecule has 1 aromatic heterocycles. The number of rotatable bonds is 4. The predicted octanol–water partition coefficient (Wildman–Crippen LogP) is 2.58. The number of ether oxygens (including phenoxy) is 1. The molecule has 1 N–H and O–H groups in total. The molecule has 1 aromatic carbocycles. The Morgan fingerprint density at radius 1 is 1.26 bits per heavy atom. The summed E-state index contributed by atoms with van der Waals surface area (Å²) in [5, 5.41) is 2.87. The van der Waals surface area contributed by atoms with E-state index in [0.717, 1.165) is 37.1 Å². The zero-order valence-electron chi connectivity index (χ0n) is 15.4. The van der Waals surface area contributed by atoms with Gasteiger partial charge in [-0.15, -0.1) is 0 Å². The topological polar surface area (TPSA) is 71.5 Å². The molecule has 3 heterocycles. The summed E-state index contributed by atoms with van der Waals surface area (Å²) in [4.78, 5) is 31.4. The van der Waals surface area contributed by atoms with Gasteiger partial charge in [0.1, 0.15) is 0 Å². The number of anilines is 1. The fraction of sp³-hybridized carbons (Fsp3) is 0.381. The number of nitrogens with zero attached hydrogens (tertiary/aromatic N) is 2. The first kappa shape index (κ1) is 17.7. The molecule has 0 radical (unpaired) electrons. The zero-order valence-corrected chi connectivity index (χ0v) is 15.4. The van der Waals surface area contributed by atoms with Crippen molar-refractivity contribution in [2.24, 2.45) is 0 Å². The van der Waals surface area contributed by atoms with Crippen LogP contribution in [-0.2, 0) is 11.2 Å². The molecule has 6 nitrogen and oxygen atoms in total. The van der Waals surface area contributed by atoms with Gasteiger partial charge in [0, 0.05) is 37.3 Å². The minimum Gasteiger partial charge on any atom is -0.376 e. The first-order chi connectivity index (χ1) is 13.1. The van der Waals surface area contributed by atoms with Gasteiger partial charge in [-0.1, -0.05) is 18.2 Å². The third kappa shape index (κ3) is 3.57. The highest BCUT2D eigenvalue weighted by Gasteiger charge is 2.31. The largest absolute Gasteiger partial charge is 0.376 e. The molecule has 0 aliphatic carbocycles. The predicted molar refractivity (Wildman–Crippen MR) is 102 cm³/mol. The van der Waals surface area contributed by atoms with E-state index in [2.05, 4.69) is 10.3 Å². The molecule has 2 aliphatic heterocycles. The molecule has 0 saturated carbocycles. The second-order valence-corrected chi connectivity index (χ2v) is 7.16. The number of hydrogen-bond donors (Lipinski definition) is 1. The lowest BCUT2D eigenvalue weighted by Crippen LogP contribution is -2.36. The number of para-hydroxylation sites is 1. The maximum Gasteiger partial charge on any atom is 0.260 e. The molecular weight excluding hydrogens is 342 g/mol. The molecule has 0 bridgehead atoms. The number of benzene rings is 1. The molecule has 2 aromatic rings. The molecule has 6 heteroatoms. The molecule has 2 atom stereocenters. The first-order valence-electron chi connectivity index (χ1n) is 9.40. The van der Waals surface area contributed by atoms with E-state index in [9.17, 15) is 9.59 Å². The molecule has 2 amide bonds. The van der Waals surface area contributed by atoms with Crippen LogP contribution in [0.25, 0.3) is 0 Å². The number of nitrogens with one attached hydrogen (secondary N) is 1. The molecule has 2 aliphatic rings. The summed E-state index contributed by atoms with van der Waals surface area (Å²) in [6.07, 6.45) is 5.91. The van der Waals surface area contributed by atoms with Crippen molar-refractivity contribution in [3.05, 3.63) is 59.4 Å². The summed E-state index contributed by atoms with van der Waals surface area (Å²) in [6.45, 7) is 3.26. The van der Waals surface area contributed by atoms with Crippen LogP contribution in [0.1, 0.15) is 46.0 Å². The molecule has 1 saturated heterocycles. The third-order valence-corrected chi connectivity index (χ3v) is 5.19. The lowest BCUT2D eigenvalue weighted by atomic mass is 10.1. The van der Waals surface area contributed by atoms with Crippen molar-refractivity contribution in [3.63, 3.8) is 0 Å². The normalized spacial score (nSPS) is 21.1. The van der Waals surface area contributed by atoms with Gasteiger partial charge in [-0.25, -0.2) is 0 Å². The Morgan fingerprint density at radius 3 is 2.89 bits per heavy atom. The van der Waals surface area contributed by atoms with Crippen molar-refractivity contribution in [1.29, 1.82) is 0 Å². The van der Waals surface area contributed by atoms with E-state index in [1.807, 2.05) is 31.2 Å². The van der Waals surface area contributed by atoms with Gasteiger partial charge in [-0.2, -0.15) is 0 Å². The molecule has 140 valence electrons. The summed E-state index contributed by atoms with van der Waals surface area (Å²) < 4.78 is 5.52. The van der Waals surface area contributed by atoms with Crippen LogP contribution in [0, 0.1) is 0 Å². The quantitative estimate of drug-likeness (QED) is 0.904. The second kappa shape index (κ2) is 7.48. The first-order valence-corrected chi connectivity index (χ1v) is 9.40. The van der Waals surface area contributed by atoms with E-state index < -0.39 is 0 Å². The highest BCUT2D eigenvalue weighted by Crippen LogP contribution is 2.33. The number of amides is 2. The number of carbonyl (C=O) groups is 2. The number of pyridine rings is 1. The van der Waals surface area contributed by atoms with Gasteiger partial charge in [0.25, 0.3) is 11.8 Å². The smallest absolute Gasteiger partial charge is 0.260 e. The average Bonchev–Trinajstić information content (AvgIpc) is 3.32. The minimum atomic E-state index is -0.234. The second-order valence-electron chi connectivity index (χ2n) is 7.16. The SMILES string of the molecule is CC1Cc2ccccc2N1C(=O)c1cncc(C(=O)NCC2CCCO2)c1. The lowest BCUT2D eigenvalue weighted by Gasteiger charge is -2.22. The van der Waals surface area contributed by atoms with Gasteiger partial charge in [0.05, 0.1) is 17.2 Å². The fourth-order valence-electron chi connectivity index (χ4n) is 3.81. The van der Waals surface area contributed by atoms with Crippen molar-refractivity contribution >= 4 is 17.5 Å². The van der Waals surface area contributed by atoms with E-state index in [0.29, 0.717) is 17.7 Å². The molecule has 4 rings (SSSR count). The summed E-state index contributed by atoms with van der Waals surface area (Å²) in [5.74, 6) is -0.365. The van der Waals surface area contributed by atoms with Crippen LogP contribution in [0.4, 0.5) is 5.69 Å². The van der Waals surface area contributed by atoms with Crippen LogP contribution in [0.2, 0.25) is 0 Å². The molecule has 27 heavy (non-hydrogen) atoms. The number of fused-ring (bicyclic) bond motifs is 1. The summed E-state index contributed by atoms with van der Waals surface area (Å²) in [6, 6.07) is 9.62. The monoisotopic (exact) mass is 365 g/mol. The van der Waals surface area contributed by atoms with Crippen LogP contribution in [-0.4, -0.2) is 42.1 Å². The Hall–Kier alpha value is -2.73. The van der Waals surface area contributed by atoms with Crippen molar-refractivity contribution < 1.29 is 14.3 Å². The standard InChI is InChI=1S/C21H23N3O3/c1-14-9-15-5-2-3-7-19(15)24(14)21(26)17-10-16(11-22-12-17)20(25)23-13-18-6-4-8-27-18/h2-3,5,7,10-12,14,18H,4,6,8-9,13H2,1H3,(H,23,25). The Labute approximate surface area is 158 Å². The van der Waals surface area contributed by atoms with Crippen molar-refractivity contribution in [2.45, 2.75) is 38.3 Å². The average molecular weight is 365 g/mol. The lowest BCUT2D eigenvalue weighted by molar-refractivity contribution is 0.0857. The maximum absolute atomic E-state index is 13.1.